The zero-order valence-electron chi connectivity index (χ0n) is 8.76. The third-order valence-corrected chi connectivity index (χ3v) is 3.34. The van der Waals surface area contributed by atoms with Gasteiger partial charge in [0.15, 0.2) is 0 Å². The number of rotatable bonds is 2. The fourth-order valence-electron chi connectivity index (χ4n) is 1.43. The van der Waals surface area contributed by atoms with Crippen molar-refractivity contribution in [2.45, 2.75) is 33.2 Å². The molecule has 2 nitrogen and oxygen atoms in total. The van der Waals surface area contributed by atoms with Crippen molar-refractivity contribution in [3.63, 3.8) is 0 Å². The van der Waals surface area contributed by atoms with Crippen LogP contribution in [-0.4, -0.2) is 11.1 Å². The summed E-state index contributed by atoms with van der Waals surface area (Å²) in [6.45, 7) is 5.95. The fourth-order valence-corrected chi connectivity index (χ4v) is 2.00. The van der Waals surface area contributed by atoms with E-state index in [1.165, 1.54) is 5.56 Å². The molecule has 1 rings (SSSR count). The normalized spacial score (nSPS) is 12.9. The molecule has 0 heterocycles. The van der Waals surface area contributed by atoms with E-state index in [1.54, 1.807) is 0 Å². The predicted octanol–water partition coefficient (Wildman–Crippen LogP) is 2.66. The largest absolute Gasteiger partial charge is 0.506 e. The van der Waals surface area contributed by atoms with Crippen LogP contribution in [0, 0.1) is 13.8 Å². The van der Waals surface area contributed by atoms with Crippen molar-refractivity contribution in [3.8, 4) is 5.75 Å². The minimum atomic E-state index is 0.0647. The second kappa shape index (κ2) is 4.32. The molecule has 0 aliphatic rings. The van der Waals surface area contributed by atoms with Crippen LogP contribution in [0.4, 0.5) is 0 Å². The number of phenols is 1. The molecule has 0 fully saturated rings. The zero-order chi connectivity index (χ0) is 10.9. The summed E-state index contributed by atoms with van der Waals surface area (Å²) in [4.78, 5) is 0. The highest BCUT2D eigenvalue weighted by Crippen LogP contribution is 2.33. The highest BCUT2D eigenvalue weighted by molar-refractivity contribution is 9.10. The molecule has 0 aliphatic carbocycles. The molecule has 1 aromatic rings. The van der Waals surface area contributed by atoms with Gasteiger partial charge in [0.1, 0.15) is 5.75 Å². The molecule has 0 saturated carbocycles. The summed E-state index contributed by atoms with van der Waals surface area (Å²) in [6.07, 6.45) is 0.700. The molecule has 3 heteroatoms. The lowest BCUT2D eigenvalue weighted by Crippen LogP contribution is -2.18. The van der Waals surface area contributed by atoms with E-state index in [9.17, 15) is 5.11 Å². The monoisotopic (exact) mass is 257 g/mol. The quantitative estimate of drug-likeness (QED) is 0.856. The molecule has 14 heavy (non-hydrogen) atoms. The van der Waals surface area contributed by atoms with Crippen LogP contribution in [0.3, 0.4) is 0 Å². The number of hydrogen-bond acceptors (Lipinski definition) is 2. The first-order valence-corrected chi connectivity index (χ1v) is 5.46. The summed E-state index contributed by atoms with van der Waals surface area (Å²) in [5.74, 6) is 0.324. The molecular weight excluding hydrogens is 242 g/mol. The molecule has 0 bridgehead atoms. The van der Waals surface area contributed by atoms with Crippen LogP contribution in [0.15, 0.2) is 10.5 Å². The Kier molecular flexibility index (Phi) is 3.56. The Bertz CT molecular complexity index is 348. The lowest BCUT2D eigenvalue weighted by molar-refractivity contribution is 0.461. The van der Waals surface area contributed by atoms with Crippen LogP contribution in [0.5, 0.6) is 5.75 Å². The van der Waals surface area contributed by atoms with Gasteiger partial charge in [0.2, 0.25) is 0 Å². The van der Waals surface area contributed by atoms with Gasteiger partial charge in [0.05, 0.1) is 4.47 Å². The maximum Gasteiger partial charge on any atom is 0.133 e. The Labute approximate surface area is 93.3 Å². The van der Waals surface area contributed by atoms with E-state index in [4.69, 9.17) is 5.73 Å². The first kappa shape index (κ1) is 11.5. The Morgan fingerprint density at radius 1 is 1.50 bits per heavy atom. The Morgan fingerprint density at radius 2 is 2.07 bits per heavy atom. The molecule has 0 radical (unpaired) electrons. The lowest BCUT2D eigenvalue weighted by atomic mass is 10.0. The van der Waals surface area contributed by atoms with E-state index in [0.29, 0.717) is 12.2 Å². The number of nitrogens with two attached hydrogens (primary N) is 1. The van der Waals surface area contributed by atoms with Gasteiger partial charge in [0, 0.05) is 6.04 Å². The van der Waals surface area contributed by atoms with E-state index >= 15 is 0 Å². The topological polar surface area (TPSA) is 46.2 Å². The van der Waals surface area contributed by atoms with Gasteiger partial charge in [-0.3, -0.25) is 0 Å². The average Bonchev–Trinajstić information content (AvgIpc) is 2.10. The molecule has 1 aromatic carbocycles. The van der Waals surface area contributed by atoms with Crippen molar-refractivity contribution in [1.82, 2.24) is 0 Å². The molecule has 0 aromatic heterocycles. The van der Waals surface area contributed by atoms with Gasteiger partial charge >= 0.3 is 0 Å². The summed E-state index contributed by atoms with van der Waals surface area (Å²) < 4.78 is 0.785. The van der Waals surface area contributed by atoms with Crippen LogP contribution in [-0.2, 0) is 6.42 Å². The van der Waals surface area contributed by atoms with Gasteiger partial charge in [-0.15, -0.1) is 0 Å². The standard InChI is InChI=1S/C11H16BrNO/c1-6-4-9(5-7(2)13)11(14)10(12)8(6)3/h4,7,14H,5,13H2,1-3H3. The predicted molar refractivity (Wildman–Crippen MR) is 62.6 cm³/mol. The molecule has 0 saturated heterocycles. The first-order chi connectivity index (χ1) is 6.43. The lowest BCUT2D eigenvalue weighted by Gasteiger charge is -2.13. The molecule has 78 valence electrons. The van der Waals surface area contributed by atoms with Crippen molar-refractivity contribution < 1.29 is 5.11 Å². The van der Waals surface area contributed by atoms with Crippen LogP contribution in [0.1, 0.15) is 23.6 Å². The summed E-state index contributed by atoms with van der Waals surface area (Å²) in [5, 5.41) is 9.85. The number of aromatic hydroxyl groups is 1. The van der Waals surface area contributed by atoms with Gasteiger partial charge in [-0.05, 0) is 59.8 Å². The SMILES string of the molecule is Cc1cc(CC(C)N)c(O)c(Br)c1C. The maximum absolute atomic E-state index is 9.85. The van der Waals surface area contributed by atoms with Crippen LogP contribution in [0.2, 0.25) is 0 Å². The number of halogens is 1. The van der Waals surface area contributed by atoms with E-state index in [1.807, 2.05) is 26.8 Å². The van der Waals surface area contributed by atoms with E-state index in [-0.39, 0.29) is 6.04 Å². The van der Waals surface area contributed by atoms with Crippen LogP contribution in [0.25, 0.3) is 0 Å². The molecule has 1 atom stereocenters. The van der Waals surface area contributed by atoms with Gasteiger partial charge in [-0.1, -0.05) is 6.07 Å². The highest BCUT2D eigenvalue weighted by Gasteiger charge is 2.11. The minimum Gasteiger partial charge on any atom is -0.506 e. The summed E-state index contributed by atoms with van der Waals surface area (Å²) >= 11 is 3.38. The second-order valence-electron chi connectivity index (χ2n) is 3.82. The molecule has 0 aliphatic heterocycles. The van der Waals surface area contributed by atoms with Crippen LogP contribution >= 0.6 is 15.9 Å². The third-order valence-electron chi connectivity index (χ3n) is 2.37. The molecule has 3 N–H and O–H groups in total. The zero-order valence-corrected chi connectivity index (χ0v) is 10.4. The Hall–Kier alpha value is -0.540. The van der Waals surface area contributed by atoms with E-state index < -0.39 is 0 Å². The van der Waals surface area contributed by atoms with Crippen molar-refractivity contribution in [3.05, 3.63) is 27.2 Å². The Balaban J connectivity index is 3.19. The van der Waals surface area contributed by atoms with Gasteiger partial charge in [-0.25, -0.2) is 0 Å². The van der Waals surface area contributed by atoms with Crippen molar-refractivity contribution in [2.75, 3.05) is 0 Å². The summed E-state index contributed by atoms with van der Waals surface area (Å²) in [5.41, 5.74) is 8.87. The molecule has 1 unspecified atom stereocenters. The highest BCUT2D eigenvalue weighted by atomic mass is 79.9. The molecule has 0 amide bonds. The van der Waals surface area contributed by atoms with Gasteiger partial charge < -0.3 is 10.8 Å². The summed E-state index contributed by atoms with van der Waals surface area (Å²) in [7, 11) is 0. The van der Waals surface area contributed by atoms with Crippen molar-refractivity contribution in [2.24, 2.45) is 5.73 Å². The number of hydrogen-bond donors (Lipinski definition) is 2. The maximum atomic E-state index is 9.85. The third kappa shape index (κ3) is 2.28. The van der Waals surface area contributed by atoms with E-state index in [0.717, 1.165) is 15.6 Å². The average molecular weight is 258 g/mol. The molecule has 0 spiro atoms. The Morgan fingerprint density at radius 3 is 2.57 bits per heavy atom. The minimum absolute atomic E-state index is 0.0647. The second-order valence-corrected chi connectivity index (χ2v) is 4.61. The van der Waals surface area contributed by atoms with Crippen LogP contribution < -0.4 is 5.73 Å². The number of benzene rings is 1. The fraction of sp³-hybridized carbons (Fsp3) is 0.455. The number of phenolic OH excluding ortho intramolecular Hbond substituents is 1. The summed E-state index contributed by atoms with van der Waals surface area (Å²) in [6, 6.07) is 2.06. The van der Waals surface area contributed by atoms with Gasteiger partial charge in [-0.2, -0.15) is 0 Å². The van der Waals surface area contributed by atoms with Crippen molar-refractivity contribution >= 4 is 15.9 Å². The molecular formula is C11H16BrNO. The van der Waals surface area contributed by atoms with E-state index in [2.05, 4.69) is 15.9 Å². The first-order valence-electron chi connectivity index (χ1n) is 4.66. The number of aryl methyl sites for hydroxylation is 1. The van der Waals surface area contributed by atoms with Gasteiger partial charge in [0.25, 0.3) is 0 Å². The smallest absolute Gasteiger partial charge is 0.133 e. The van der Waals surface area contributed by atoms with Crippen molar-refractivity contribution in [1.29, 1.82) is 0 Å².